The summed E-state index contributed by atoms with van der Waals surface area (Å²) in [4.78, 5) is 0. The first-order valence-corrected chi connectivity index (χ1v) is 6.21. The zero-order valence-electron chi connectivity index (χ0n) is 10.5. The quantitative estimate of drug-likeness (QED) is 0.898. The SMILES string of the molecule is Cc1ccc(CN)c(Oc2ccc(Cl)cc2C)c1. The number of rotatable bonds is 3. The summed E-state index contributed by atoms with van der Waals surface area (Å²) in [6, 6.07) is 11.6. The molecule has 0 heterocycles. The van der Waals surface area contributed by atoms with Crippen LogP contribution in [0.1, 0.15) is 16.7 Å². The third kappa shape index (κ3) is 2.84. The van der Waals surface area contributed by atoms with E-state index in [0.29, 0.717) is 11.6 Å². The molecule has 0 amide bonds. The predicted octanol–water partition coefficient (Wildman–Crippen LogP) is 4.21. The number of hydrogen-bond donors (Lipinski definition) is 1. The topological polar surface area (TPSA) is 35.2 Å². The highest BCUT2D eigenvalue weighted by atomic mass is 35.5. The molecular weight excluding hydrogens is 246 g/mol. The maximum absolute atomic E-state index is 5.93. The van der Waals surface area contributed by atoms with Gasteiger partial charge in [-0.05, 0) is 49.2 Å². The summed E-state index contributed by atoms with van der Waals surface area (Å²) < 4.78 is 5.93. The summed E-state index contributed by atoms with van der Waals surface area (Å²) in [5.41, 5.74) is 8.86. The summed E-state index contributed by atoms with van der Waals surface area (Å²) in [6.45, 7) is 4.46. The van der Waals surface area contributed by atoms with Crippen LogP contribution in [0.2, 0.25) is 5.02 Å². The molecule has 0 spiro atoms. The van der Waals surface area contributed by atoms with Gasteiger partial charge in [0.25, 0.3) is 0 Å². The smallest absolute Gasteiger partial charge is 0.132 e. The Morgan fingerprint density at radius 3 is 2.50 bits per heavy atom. The minimum Gasteiger partial charge on any atom is -0.457 e. The van der Waals surface area contributed by atoms with Crippen LogP contribution in [-0.2, 0) is 6.54 Å². The van der Waals surface area contributed by atoms with Crippen LogP contribution in [0.5, 0.6) is 11.5 Å². The van der Waals surface area contributed by atoms with Crippen LogP contribution in [0.3, 0.4) is 0 Å². The fourth-order valence-electron chi connectivity index (χ4n) is 1.77. The molecule has 0 radical (unpaired) electrons. The second kappa shape index (κ2) is 5.42. The van der Waals surface area contributed by atoms with E-state index in [2.05, 4.69) is 0 Å². The molecule has 0 saturated carbocycles. The van der Waals surface area contributed by atoms with Crippen molar-refractivity contribution in [2.45, 2.75) is 20.4 Å². The van der Waals surface area contributed by atoms with Gasteiger partial charge in [-0.25, -0.2) is 0 Å². The third-order valence-corrected chi connectivity index (χ3v) is 3.03. The lowest BCUT2D eigenvalue weighted by Gasteiger charge is -2.13. The third-order valence-electron chi connectivity index (χ3n) is 2.80. The Kier molecular flexibility index (Phi) is 3.90. The van der Waals surface area contributed by atoms with Crippen LogP contribution in [0.4, 0.5) is 0 Å². The van der Waals surface area contributed by atoms with Gasteiger partial charge < -0.3 is 10.5 Å². The highest BCUT2D eigenvalue weighted by molar-refractivity contribution is 6.30. The lowest BCUT2D eigenvalue weighted by molar-refractivity contribution is 0.472. The van der Waals surface area contributed by atoms with Crippen molar-refractivity contribution in [3.8, 4) is 11.5 Å². The first-order chi connectivity index (χ1) is 8.60. The maximum atomic E-state index is 5.93. The van der Waals surface area contributed by atoms with E-state index in [0.717, 1.165) is 28.2 Å². The van der Waals surface area contributed by atoms with Gasteiger partial charge in [-0.2, -0.15) is 0 Å². The van der Waals surface area contributed by atoms with Crippen molar-refractivity contribution in [2.24, 2.45) is 5.73 Å². The molecule has 2 aromatic carbocycles. The number of hydrogen-bond acceptors (Lipinski definition) is 2. The summed E-state index contributed by atoms with van der Waals surface area (Å²) >= 11 is 5.93. The molecule has 0 aliphatic rings. The van der Waals surface area contributed by atoms with Crippen molar-refractivity contribution >= 4 is 11.6 Å². The molecule has 0 aromatic heterocycles. The van der Waals surface area contributed by atoms with Gasteiger partial charge in [0.15, 0.2) is 0 Å². The maximum Gasteiger partial charge on any atom is 0.132 e. The largest absolute Gasteiger partial charge is 0.457 e. The van der Waals surface area contributed by atoms with Gasteiger partial charge in [0.2, 0.25) is 0 Å². The Morgan fingerprint density at radius 1 is 1.06 bits per heavy atom. The number of nitrogens with two attached hydrogens (primary N) is 1. The van der Waals surface area contributed by atoms with E-state index >= 15 is 0 Å². The molecular formula is C15H16ClNO. The first-order valence-electron chi connectivity index (χ1n) is 5.84. The average molecular weight is 262 g/mol. The fourth-order valence-corrected chi connectivity index (χ4v) is 2.00. The molecule has 0 bridgehead atoms. The molecule has 2 N–H and O–H groups in total. The molecule has 0 unspecified atom stereocenters. The van der Waals surface area contributed by atoms with Gasteiger partial charge >= 0.3 is 0 Å². The molecule has 94 valence electrons. The first kappa shape index (κ1) is 12.9. The fraction of sp³-hybridized carbons (Fsp3) is 0.200. The summed E-state index contributed by atoms with van der Waals surface area (Å²) in [5, 5.41) is 0.711. The second-order valence-electron chi connectivity index (χ2n) is 4.33. The summed E-state index contributed by atoms with van der Waals surface area (Å²) in [7, 11) is 0. The van der Waals surface area contributed by atoms with Crippen LogP contribution >= 0.6 is 11.6 Å². The Morgan fingerprint density at radius 2 is 1.83 bits per heavy atom. The molecule has 0 aliphatic carbocycles. The van der Waals surface area contributed by atoms with E-state index in [1.165, 1.54) is 0 Å². The van der Waals surface area contributed by atoms with E-state index < -0.39 is 0 Å². The van der Waals surface area contributed by atoms with Crippen molar-refractivity contribution in [3.63, 3.8) is 0 Å². The number of ether oxygens (including phenoxy) is 1. The Hall–Kier alpha value is -1.51. The average Bonchev–Trinajstić information content (AvgIpc) is 2.33. The van der Waals surface area contributed by atoms with Gasteiger partial charge in [-0.3, -0.25) is 0 Å². The van der Waals surface area contributed by atoms with Crippen molar-refractivity contribution in [1.29, 1.82) is 0 Å². The van der Waals surface area contributed by atoms with Crippen LogP contribution < -0.4 is 10.5 Å². The molecule has 0 atom stereocenters. The molecule has 0 aliphatic heterocycles. The van der Waals surface area contributed by atoms with E-state index in [1.807, 2.05) is 50.2 Å². The van der Waals surface area contributed by atoms with Gasteiger partial charge in [-0.15, -0.1) is 0 Å². The standard InChI is InChI=1S/C15H16ClNO/c1-10-3-4-12(9-17)15(7-10)18-14-6-5-13(16)8-11(14)2/h3-8H,9,17H2,1-2H3. The predicted molar refractivity (Wildman–Crippen MR) is 75.3 cm³/mol. The highest BCUT2D eigenvalue weighted by Gasteiger charge is 2.06. The van der Waals surface area contributed by atoms with Crippen LogP contribution in [0.25, 0.3) is 0 Å². The van der Waals surface area contributed by atoms with Crippen molar-refractivity contribution in [3.05, 3.63) is 58.1 Å². The monoisotopic (exact) mass is 261 g/mol. The summed E-state index contributed by atoms with van der Waals surface area (Å²) in [5.74, 6) is 1.61. The Bertz CT molecular complexity index is 566. The zero-order valence-corrected chi connectivity index (χ0v) is 11.3. The minimum atomic E-state index is 0.461. The minimum absolute atomic E-state index is 0.461. The lowest BCUT2D eigenvalue weighted by Crippen LogP contribution is -2.00. The van der Waals surface area contributed by atoms with Crippen LogP contribution in [-0.4, -0.2) is 0 Å². The van der Waals surface area contributed by atoms with Crippen LogP contribution in [0, 0.1) is 13.8 Å². The van der Waals surface area contributed by atoms with E-state index in [9.17, 15) is 0 Å². The van der Waals surface area contributed by atoms with Gasteiger partial charge in [0, 0.05) is 17.1 Å². The highest BCUT2D eigenvalue weighted by Crippen LogP contribution is 2.30. The zero-order chi connectivity index (χ0) is 13.1. The second-order valence-corrected chi connectivity index (χ2v) is 4.76. The normalized spacial score (nSPS) is 10.4. The van der Waals surface area contributed by atoms with Gasteiger partial charge in [0.1, 0.15) is 11.5 Å². The van der Waals surface area contributed by atoms with Crippen molar-refractivity contribution in [1.82, 2.24) is 0 Å². The number of aryl methyl sites for hydroxylation is 2. The molecule has 2 rings (SSSR count). The molecule has 2 aromatic rings. The van der Waals surface area contributed by atoms with Gasteiger partial charge in [-0.1, -0.05) is 23.7 Å². The van der Waals surface area contributed by atoms with E-state index in [1.54, 1.807) is 0 Å². The molecule has 3 heteroatoms. The van der Waals surface area contributed by atoms with E-state index in [4.69, 9.17) is 22.1 Å². The van der Waals surface area contributed by atoms with Crippen molar-refractivity contribution in [2.75, 3.05) is 0 Å². The molecule has 18 heavy (non-hydrogen) atoms. The molecule has 0 saturated heterocycles. The summed E-state index contributed by atoms with van der Waals surface area (Å²) in [6.07, 6.45) is 0. The number of benzene rings is 2. The van der Waals surface area contributed by atoms with Gasteiger partial charge in [0.05, 0.1) is 0 Å². The molecule has 0 fully saturated rings. The Labute approximate surface area is 112 Å². The lowest BCUT2D eigenvalue weighted by atomic mass is 10.1. The molecule has 2 nitrogen and oxygen atoms in total. The van der Waals surface area contributed by atoms with Crippen LogP contribution in [0.15, 0.2) is 36.4 Å². The van der Waals surface area contributed by atoms with Crippen molar-refractivity contribution < 1.29 is 4.74 Å². The Balaban J connectivity index is 2.36. The van der Waals surface area contributed by atoms with E-state index in [-0.39, 0.29) is 0 Å². The number of halogens is 1.